The fraction of sp³-hybridized carbons (Fsp3) is 0.923. The highest BCUT2D eigenvalue weighted by Gasteiger charge is 2.25. The third kappa shape index (κ3) is 5.26. The van der Waals surface area contributed by atoms with E-state index in [2.05, 4.69) is 20.8 Å². The lowest BCUT2D eigenvalue weighted by Gasteiger charge is -2.25. The smallest absolute Gasteiger partial charge is 0.239 e. The summed E-state index contributed by atoms with van der Waals surface area (Å²) in [5, 5.41) is 0. The van der Waals surface area contributed by atoms with E-state index in [-0.39, 0.29) is 24.4 Å². The van der Waals surface area contributed by atoms with Gasteiger partial charge in [-0.15, -0.1) is 12.4 Å². The molecule has 3 nitrogen and oxygen atoms in total. The molecule has 0 aliphatic carbocycles. The molecule has 1 saturated heterocycles. The van der Waals surface area contributed by atoms with Gasteiger partial charge in [-0.3, -0.25) is 4.79 Å². The zero-order valence-electron chi connectivity index (χ0n) is 11.3. The van der Waals surface area contributed by atoms with Crippen molar-refractivity contribution in [3.63, 3.8) is 0 Å². The normalized spacial score (nSPS) is 26.9. The average molecular weight is 263 g/mol. The Balaban J connectivity index is 0.00000256. The highest BCUT2D eigenvalue weighted by Crippen LogP contribution is 2.21. The zero-order chi connectivity index (χ0) is 12.1. The monoisotopic (exact) mass is 262 g/mol. The molecule has 0 spiro atoms. The third-order valence-electron chi connectivity index (χ3n) is 3.46. The van der Waals surface area contributed by atoms with Crippen LogP contribution in [0.2, 0.25) is 0 Å². The van der Waals surface area contributed by atoms with Gasteiger partial charge < -0.3 is 10.6 Å². The molecule has 0 aromatic rings. The van der Waals surface area contributed by atoms with Crippen LogP contribution in [0.5, 0.6) is 0 Å². The SMILES string of the molecule is CCCC(N)C(=O)N1CCC(C)CC(C)C1.Cl. The van der Waals surface area contributed by atoms with E-state index < -0.39 is 0 Å². The van der Waals surface area contributed by atoms with Crippen LogP contribution in [0.3, 0.4) is 0 Å². The average Bonchev–Trinajstić information content (AvgIpc) is 2.38. The van der Waals surface area contributed by atoms with Gasteiger partial charge in [0, 0.05) is 13.1 Å². The molecule has 17 heavy (non-hydrogen) atoms. The highest BCUT2D eigenvalue weighted by atomic mass is 35.5. The van der Waals surface area contributed by atoms with Crippen LogP contribution < -0.4 is 5.73 Å². The summed E-state index contributed by atoms with van der Waals surface area (Å²) < 4.78 is 0. The summed E-state index contributed by atoms with van der Waals surface area (Å²) in [7, 11) is 0. The predicted molar refractivity (Wildman–Crippen MR) is 74.3 cm³/mol. The Morgan fingerprint density at radius 1 is 1.41 bits per heavy atom. The number of amides is 1. The van der Waals surface area contributed by atoms with Crippen LogP contribution in [0.15, 0.2) is 0 Å². The predicted octanol–water partition coefficient (Wildman–Crippen LogP) is 2.43. The molecule has 0 saturated carbocycles. The van der Waals surface area contributed by atoms with Gasteiger partial charge in [0.2, 0.25) is 5.91 Å². The molecule has 1 aliphatic heterocycles. The Morgan fingerprint density at radius 2 is 2.06 bits per heavy atom. The van der Waals surface area contributed by atoms with Crippen LogP contribution in [-0.2, 0) is 4.79 Å². The first-order valence-electron chi connectivity index (χ1n) is 6.59. The van der Waals surface area contributed by atoms with Crippen molar-refractivity contribution in [2.24, 2.45) is 17.6 Å². The lowest BCUT2D eigenvalue weighted by Crippen LogP contribution is -2.45. The van der Waals surface area contributed by atoms with Gasteiger partial charge in [-0.05, 0) is 31.1 Å². The van der Waals surface area contributed by atoms with E-state index in [1.807, 2.05) is 4.90 Å². The summed E-state index contributed by atoms with van der Waals surface area (Å²) >= 11 is 0. The summed E-state index contributed by atoms with van der Waals surface area (Å²) in [6, 6.07) is -0.286. The number of rotatable bonds is 3. The van der Waals surface area contributed by atoms with Crippen LogP contribution in [0.1, 0.15) is 46.5 Å². The third-order valence-corrected chi connectivity index (χ3v) is 3.46. The van der Waals surface area contributed by atoms with Crippen molar-refractivity contribution in [2.75, 3.05) is 13.1 Å². The zero-order valence-corrected chi connectivity index (χ0v) is 12.1. The lowest BCUT2D eigenvalue weighted by atomic mass is 9.97. The maximum atomic E-state index is 12.1. The standard InChI is InChI=1S/C13H26N2O.ClH/c1-4-5-12(14)13(16)15-7-6-10(2)8-11(3)9-15;/h10-12H,4-9,14H2,1-3H3;1H. The van der Waals surface area contributed by atoms with Gasteiger partial charge in [-0.2, -0.15) is 0 Å². The number of hydrogen-bond donors (Lipinski definition) is 1. The van der Waals surface area contributed by atoms with Crippen molar-refractivity contribution in [1.82, 2.24) is 4.90 Å². The Labute approximate surface area is 112 Å². The van der Waals surface area contributed by atoms with Crippen LogP contribution in [0, 0.1) is 11.8 Å². The number of carbonyl (C=O) groups excluding carboxylic acids is 1. The summed E-state index contributed by atoms with van der Waals surface area (Å²) in [6.45, 7) is 8.35. The van der Waals surface area contributed by atoms with Gasteiger partial charge in [-0.25, -0.2) is 0 Å². The number of halogens is 1. The number of hydrogen-bond acceptors (Lipinski definition) is 2. The second-order valence-electron chi connectivity index (χ2n) is 5.41. The van der Waals surface area contributed by atoms with Crippen LogP contribution in [-0.4, -0.2) is 29.9 Å². The molecule has 4 heteroatoms. The van der Waals surface area contributed by atoms with Gasteiger partial charge >= 0.3 is 0 Å². The fourth-order valence-electron chi connectivity index (χ4n) is 2.59. The molecule has 1 aliphatic rings. The van der Waals surface area contributed by atoms with Crippen molar-refractivity contribution in [2.45, 2.75) is 52.5 Å². The lowest BCUT2D eigenvalue weighted by molar-refractivity contribution is -0.133. The summed E-state index contributed by atoms with van der Waals surface area (Å²) in [4.78, 5) is 14.1. The molecule has 1 rings (SSSR count). The van der Waals surface area contributed by atoms with Gasteiger partial charge in [-0.1, -0.05) is 27.2 Å². The maximum absolute atomic E-state index is 12.1. The summed E-state index contributed by atoms with van der Waals surface area (Å²) in [5.41, 5.74) is 5.90. The molecule has 0 bridgehead atoms. The number of nitrogens with zero attached hydrogens (tertiary/aromatic N) is 1. The van der Waals surface area contributed by atoms with Crippen molar-refractivity contribution >= 4 is 18.3 Å². The van der Waals surface area contributed by atoms with E-state index in [0.29, 0.717) is 5.92 Å². The molecule has 1 fully saturated rings. The molecule has 0 aromatic heterocycles. The van der Waals surface area contributed by atoms with E-state index in [4.69, 9.17) is 5.73 Å². The second-order valence-corrected chi connectivity index (χ2v) is 5.41. The van der Waals surface area contributed by atoms with E-state index in [1.54, 1.807) is 0 Å². The Hall–Kier alpha value is -0.280. The van der Waals surface area contributed by atoms with Gasteiger partial charge in [0.25, 0.3) is 0 Å². The van der Waals surface area contributed by atoms with Gasteiger partial charge in [0.1, 0.15) is 0 Å². The number of nitrogens with two attached hydrogens (primary N) is 1. The molecule has 3 atom stereocenters. The summed E-state index contributed by atoms with van der Waals surface area (Å²) in [5.74, 6) is 1.49. The molecule has 0 radical (unpaired) electrons. The van der Waals surface area contributed by atoms with Gasteiger partial charge in [0.05, 0.1) is 6.04 Å². The topological polar surface area (TPSA) is 46.3 Å². The minimum atomic E-state index is -0.286. The summed E-state index contributed by atoms with van der Waals surface area (Å²) in [6.07, 6.45) is 4.13. The van der Waals surface area contributed by atoms with Gasteiger partial charge in [0.15, 0.2) is 0 Å². The fourth-order valence-corrected chi connectivity index (χ4v) is 2.59. The maximum Gasteiger partial charge on any atom is 0.239 e. The van der Waals surface area contributed by atoms with Crippen molar-refractivity contribution in [3.8, 4) is 0 Å². The minimum Gasteiger partial charge on any atom is -0.341 e. The molecule has 0 aromatic carbocycles. The molecular weight excluding hydrogens is 236 g/mol. The van der Waals surface area contributed by atoms with Crippen molar-refractivity contribution < 1.29 is 4.79 Å². The molecule has 3 unspecified atom stereocenters. The van der Waals surface area contributed by atoms with Crippen molar-refractivity contribution in [3.05, 3.63) is 0 Å². The molecule has 102 valence electrons. The Bertz CT molecular complexity index is 235. The Kier molecular flexibility index (Phi) is 7.80. The first kappa shape index (κ1) is 16.7. The van der Waals surface area contributed by atoms with Crippen LogP contribution in [0.4, 0.5) is 0 Å². The van der Waals surface area contributed by atoms with Crippen LogP contribution in [0.25, 0.3) is 0 Å². The molecule has 1 amide bonds. The highest BCUT2D eigenvalue weighted by molar-refractivity contribution is 5.85. The van der Waals surface area contributed by atoms with E-state index in [9.17, 15) is 4.79 Å². The van der Waals surface area contributed by atoms with Crippen molar-refractivity contribution in [1.29, 1.82) is 0 Å². The number of likely N-dealkylation sites (tertiary alicyclic amines) is 1. The largest absolute Gasteiger partial charge is 0.341 e. The quantitative estimate of drug-likeness (QED) is 0.849. The van der Waals surface area contributed by atoms with Crippen LogP contribution >= 0.6 is 12.4 Å². The minimum absolute atomic E-state index is 0. The van der Waals surface area contributed by atoms with E-state index in [1.165, 1.54) is 6.42 Å². The van der Waals surface area contributed by atoms with E-state index in [0.717, 1.165) is 38.3 Å². The molecule has 1 heterocycles. The first-order chi connectivity index (χ1) is 7.54. The van der Waals surface area contributed by atoms with E-state index >= 15 is 0 Å². The second kappa shape index (κ2) is 7.93. The molecule has 2 N–H and O–H groups in total. The Morgan fingerprint density at radius 3 is 2.65 bits per heavy atom. The number of carbonyl (C=O) groups is 1. The first-order valence-corrected chi connectivity index (χ1v) is 6.59. The molecular formula is C13H27ClN2O.